The summed E-state index contributed by atoms with van der Waals surface area (Å²) in [4.78, 5) is 23.6. The van der Waals surface area contributed by atoms with Crippen molar-refractivity contribution in [1.82, 2.24) is 19.7 Å². The third kappa shape index (κ3) is 4.88. The highest BCUT2D eigenvalue weighted by Gasteiger charge is 2.05. The monoisotopic (exact) mass is 335 g/mol. The normalized spacial score (nSPS) is 10.5. The number of nitrogens with zero attached hydrogens (tertiary/aromatic N) is 3. The Morgan fingerprint density at radius 2 is 2.04 bits per heavy atom. The van der Waals surface area contributed by atoms with E-state index in [2.05, 4.69) is 22.7 Å². The van der Waals surface area contributed by atoms with Crippen molar-refractivity contribution in [3.63, 3.8) is 0 Å². The maximum Gasteiger partial charge on any atom is 0.350 e. The molecule has 0 aliphatic carbocycles. The Morgan fingerprint density at radius 1 is 1.30 bits per heavy atom. The first-order valence-corrected chi connectivity index (χ1v) is 8.61. The van der Waals surface area contributed by atoms with Crippen LogP contribution in [0.25, 0.3) is 5.69 Å². The molecule has 1 aromatic carbocycles. The molecule has 0 unspecified atom stereocenters. The van der Waals surface area contributed by atoms with Crippen LogP contribution in [0.1, 0.15) is 13.3 Å². The van der Waals surface area contributed by atoms with Gasteiger partial charge in [0.15, 0.2) is 0 Å². The third-order valence-electron chi connectivity index (χ3n) is 3.15. The van der Waals surface area contributed by atoms with Crippen LogP contribution in [0.4, 0.5) is 10.5 Å². The second-order valence-electron chi connectivity index (χ2n) is 4.91. The van der Waals surface area contributed by atoms with Gasteiger partial charge in [-0.3, -0.25) is 4.57 Å². The highest BCUT2D eigenvalue weighted by molar-refractivity contribution is 7.99. The summed E-state index contributed by atoms with van der Waals surface area (Å²) >= 11 is 1.86. The summed E-state index contributed by atoms with van der Waals surface area (Å²) in [6.07, 6.45) is 2.41. The van der Waals surface area contributed by atoms with Crippen molar-refractivity contribution in [1.29, 1.82) is 0 Å². The van der Waals surface area contributed by atoms with Gasteiger partial charge in [-0.05, 0) is 42.2 Å². The lowest BCUT2D eigenvalue weighted by molar-refractivity contribution is 0.252. The predicted molar refractivity (Wildman–Crippen MR) is 93.4 cm³/mol. The van der Waals surface area contributed by atoms with E-state index in [0.29, 0.717) is 17.9 Å². The van der Waals surface area contributed by atoms with Crippen LogP contribution in [0.5, 0.6) is 0 Å². The predicted octanol–water partition coefficient (Wildman–Crippen LogP) is 1.84. The minimum Gasteiger partial charge on any atom is -0.338 e. The molecule has 23 heavy (non-hydrogen) atoms. The summed E-state index contributed by atoms with van der Waals surface area (Å²) in [6, 6.07) is 6.73. The van der Waals surface area contributed by atoms with Crippen LogP contribution in [-0.2, 0) is 7.05 Å². The molecule has 0 aliphatic heterocycles. The number of carbonyl (C=O) groups is 1. The van der Waals surface area contributed by atoms with Gasteiger partial charge in [-0.15, -0.1) is 0 Å². The number of aryl methyl sites for hydroxylation is 1. The number of benzene rings is 1. The molecule has 2 aromatic rings. The van der Waals surface area contributed by atoms with Crippen LogP contribution in [0, 0.1) is 0 Å². The fraction of sp³-hybridized carbons (Fsp3) is 0.400. The molecule has 0 radical (unpaired) electrons. The molecule has 2 N–H and O–H groups in total. The molecule has 0 spiro atoms. The smallest absolute Gasteiger partial charge is 0.338 e. The van der Waals surface area contributed by atoms with Crippen LogP contribution in [-0.4, -0.2) is 38.4 Å². The van der Waals surface area contributed by atoms with Crippen molar-refractivity contribution in [3.05, 3.63) is 41.1 Å². The van der Waals surface area contributed by atoms with E-state index in [0.717, 1.165) is 17.9 Å². The number of hydrogen-bond donors (Lipinski definition) is 2. The lowest BCUT2D eigenvalue weighted by Crippen LogP contribution is -2.29. The van der Waals surface area contributed by atoms with Crippen molar-refractivity contribution >= 4 is 23.5 Å². The average Bonchev–Trinajstić information content (AvgIpc) is 2.88. The Kier molecular flexibility index (Phi) is 6.28. The standard InChI is InChI=1S/C15H21N5O2S/c1-3-23-10-4-9-16-14(21)18-12-5-7-13(8-6-12)20-15(22)19(2)11-17-20/h5-8,11H,3-4,9-10H2,1-2H3,(H2,16,18,21). The van der Waals surface area contributed by atoms with Gasteiger partial charge in [0.05, 0.1) is 5.69 Å². The van der Waals surface area contributed by atoms with Gasteiger partial charge in [-0.25, -0.2) is 9.59 Å². The Balaban J connectivity index is 1.86. The van der Waals surface area contributed by atoms with Crippen molar-refractivity contribution < 1.29 is 4.79 Å². The second kappa shape index (κ2) is 8.42. The van der Waals surface area contributed by atoms with Crippen molar-refractivity contribution in [2.45, 2.75) is 13.3 Å². The highest BCUT2D eigenvalue weighted by Crippen LogP contribution is 2.11. The Labute approximate surface area is 139 Å². The van der Waals surface area contributed by atoms with E-state index in [9.17, 15) is 9.59 Å². The summed E-state index contributed by atoms with van der Waals surface area (Å²) < 4.78 is 2.70. The van der Waals surface area contributed by atoms with Crippen LogP contribution in [0.2, 0.25) is 0 Å². The van der Waals surface area contributed by atoms with Crippen molar-refractivity contribution in [2.24, 2.45) is 7.05 Å². The van der Waals surface area contributed by atoms with Gasteiger partial charge in [-0.2, -0.15) is 21.5 Å². The first kappa shape index (κ1) is 17.1. The lowest BCUT2D eigenvalue weighted by atomic mass is 10.3. The molecular formula is C15H21N5O2S. The van der Waals surface area contributed by atoms with Crippen molar-refractivity contribution in [3.8, 4) is 5.69 Å². The van der Waals surface area contributed by atoms with Crippen LogP contribution >= 0.6 is 11.8 Å². The number of urea groups is 1. The van der Waals surface area contributed by atoms with Crippen LogP contribution < -0.4 is 16.3 Å². The summed E-state index contributed by atoms with van der Waals surface area (Å²) in [6.45, 7) is 2.77. The van der Waals surface area contributed by atoms with E-state index in [1.165, 1.54) is 15.6 Å². The lowest BCUT2D eigenvalue weighted by Gasteiger charge is -2.08. The first-order valence-electron chi connectivity index (χ1n) is 7.45. The molecule has 1 aromatic heterocycles. The van der Waals surface area contributed by atoms with E-state index in [1.807, 2.05) is 11.8 Å². The maximum absolute atomic E-state index is 11.8. The van der Waals surface area contributed by atoms with Gasteiger partial charge in [-0.1, -0.05) is 6.92 Å². The SMILES string of the molecule is CCSCCCNC(=O)Nc1ccc(-n2ncn(C)c2=O)cc1. The molecule has 2 rings (SSSR count). The summed E-state index contributed by atoms with van der Waals surface area (Å²) in [5, 5.41) is 9.58. The van der Waals surface area contributed by atoms with Gasteiger partial charge < -0.3 is 10.6 Å². The zero-order chi connectivity index (χ0) is 16.7. The highest BCUT2D eigenvalue weighted by atomic mass is 32.2. The van der Waals surface area contributed by atoms with Crippen molar-refractivity contribution in [2.75, 3.05) is 23.4 Å². The van der Waals surface area contributed by atoms with E-state index in [1.54, 1.807) is 31.3 Å². The van der Waals surface area contributed by atoms with Gasteiger partial charge in [0, 0.05) is 19.3 Å². The Hall–Kier alpha value is -2.22. The second-order valence-corrected chi connectivity index (χ2v) is 6.31. The molecule has 0 atom stereocenters. The van der Waals surface area contributed by atoms with Crippen LogP contribution in [0.15, 0.2) is 35.4 Å². The topological polar surface area (TPSA) is 81.0 Å². The van der Waals surface area contributed by atoms with E-state index in [4.69, 9.17) is 0 Å². The summed E-state index contributed by atoms with van der Waals surface area (Å²) in [7, 11) is 1.64. The van der Waals surface area contributed by atoms with E-state index < -0.39 is 0 Å². The molecule has 0 saturated carbocycles. The summed E-state index contributed by atoms with van der Waals surface area (Å²) in [5.41, 5.74) is 1.10. The molecule has 0 saturated heterocycles. The molecular weight excluding hydrogens is 314 g/mol. The number of amides is 2. The zero-order valence-corrected chi connectivity index (χ0v) is 14.1. The average molecular weight is 335 g/mol. The fourth-order valence-corrected chi connectivity index (χ4v) is 2.57. The molecule has 1 heterocycles. The Morgan fingerprint density at radius 3 is 2.65 bits per heavy atom. The fourth-order valence-electron chi connectivity index (χ4n) is 1.94. The molecule has 2 amide bonds. The number of carbonyl (C=O) groups excluding carboxylic acids is 1. The molecule has 8 heteroatoms. The first-order chi connectivity index (χ1) is 11.1. The molecule has 0 bridgehead atoms. The van der Waals surface area contributed by atoms with Gasteiger partial charge in [0.25, 0.3) is 0 Å². The summed E-state index contributed by atoms with van der Waals surface area (Å²) in [5.74, 6) is 2.14. The largest absolute Gasteiger partial charge is 0.350 e. The number of thioether (sulfide) groups is 1. The molecule has 0 aliphatic rings. The molecule has 7 nitrogen and oxygen atoms in total. The number of aromatic nitrogens is 3. The number of nitrogens with one attached hydrogen (secondary N) is 2. The van der Waals surface area contributed by atoms with Gasteiger partial charge in [0.1, 0.15) is 6.33 Å². The maximum atomic E-state index is 11.8. The quantitative estimate of drug-likeness (QED) is 0.757. The number of anilines is 1. The minimum absolute atomic E-state index is 0.214. The number of rotatable bonds is 7. The van der Waals surface area contributed by atoms with E-state index >= 15 is 0 Å². The third-order valence-corrected chi connectivity index (χ3v) is 4.13. The van der Waals surface area contributed by atoms with E-state index in [-0.39, 0.29) is 11.7 Å². The Bertz CT molecular complexity index is 693. The minimum atomic E-state index is -0.228. The van der Waals surface area contributed by atoms with Gasteiger partial charge >= 0.3 is 11.7 Å². The molecule has 124 valence electrons. The van der Waals surface area contributed by atoms with Gasteiger partial charge in [0.2, 0.25) is 0 Å². The number of hydrogen-bond acceptors (Lipinski definition) is 4. The molecule has 0 fully saturated rings. The zero-order valence-electron chi connectivity index (χ0n) is 13.3. The van der Waals surface area contributed by atoms with Crippen LogP contribution in [0.3, 0.4) is 0 Å².